The van der Waals surface area contributed by atoms with E-state index >= 15 is 0 Å². The monoisotopic (exact) mass is 498 g/mol. The number of fused-ring (bicyclic) bond motifs is 1. The lowest BCUT2D eigenvalue weighted by atomic mass is 10.2. The van der Waals surface area contributed by atoms with E-state index < -0.39 is 5.97 Å². The van der Waals surface area contributed by atoms with Crippen molar-refractivity contribution in [2.24, 2.45) is 0 Å². The number of amides is 1. The van der Waals surface area contributed by atoms with Gasteiger partial charge in [-0.25, -0.2) is 4.79 Å². The van der Waals surface area contributed by atoms with Crippen LogP contribution in [0.25, 0.3) is 22.6 Å². The van der Waals surface area contributed by atoms with E-state index in [0.717, 1.165) is 11.8 Å². The maximum Gasteiger partial charge on any atom is 0.338 e. The molecule has 0 radical (unpaired) electrons. The number of thioether (sulfide) groups is 1. The largest absolute Gasteiger partial charge is 0.462 e. The van der Waals surface area contributed by atoms with Gasteiger partial charge >= 0.3 is 5.97 Å². The first-order valence-electron chi connectivity index (χ1n) is 10.8. The van der Waals surface area contributed by atoms with Crippen molar-refractivity contribution in [1.82, 2.24) is 14.8 Å². The van der Waals surface area contributed by atoms with Gasteiger partial charge in [-0.2, -0.15) is 0 Å². The highest BCUT2D eigenvalue weighted by Crippen LogP contribution is 2.30. The predicted octanol–water partition coefficient (Wildman–Crippen LogP) is 5.66. The molecule has 4 rings (SSSR count). The van der Waals surface area contributed by atoms with Crippen LogP contribution in [0.1, 0.15) is 30.6 Å². The van der Waals surface area contributed by atoms with Crippen LogP contribution in [0.5, 0.6) is 0 Å². The summed E-state index contributed by atoms with van der Waals surface area (Å²) in [7, 11) is 0. The van der Waals surface area contributed by atoms with Crippen molar-refractivity contribution in [2.75, 3.05) is 17.7 Å². The van der Waals surface area contributed by atoms with Crippen molar-refractivity contribution in [1.29, 1.82) is 0 Å². The lowest BCUT2D eigenvalue weighted by molar-refractivity contribution is -0.113. The Labute approximate surface area is 205 Å². The Morgan fingerprint density at radius 1 is 1.15 bits per heavy atom. The molecule has 0 atom stereocenters. The summed E-state index contributed by atoms with van der Waals surface area (Å²) in [6, 6.07) is 14.0. The van der Waals surface area contributed by atoms with Crippen LogP contribution in [-0.2, 0) is 16.1 Å². The molecule has 34 heavy (non-hydrogen) atoms. The molecule has 176 valence electrons. The zero-order valence-electron chi connectivity index (χ0n) is 18.7. The Morgan fingerprint density at radius 3 is 2.79 bits per heavy atom. The molecule has 10 heteroatoms. The van der Waals surface area contributed by atoms with Gasteiger partial charge in [0.2, 0.25) is 11.7 Å². The number of anilines is 1. The third kappa shape index (κ3) is 5.43. The number of esters is 1. The zero-order chi connectivity index (χ0) is 24.1. The van der Waals surface area contributed by atoms with Crippen LogP contribution in [0.15, 0.2) is 58.1 Å². The molecule has 2 aromatic heterocycles. The number of carbonyl (C=O) groups is 2. The summed E-state index contributed by atoms with van der Waals surface area (Å²) in [4.78, 5) is 24.6. The molecule has 0 fully saturated rings. The number of nitrogens with zero attached hydrogens (tertiary/aromatic N) is 3. The van der Waals surface area contributed by atoms with Crippen LogP contribution in [0.4, 0.5) is 5.69 Å². The molecule has 0 aliphatic rings. The fourth-order valence-electron chi connectivity index (χ4n) is 3.32. The summed E-state index contributed by atoms with van der Waals surface area (Å²) < 4.78 is 13.0. The first kappa shape index (κ1) is 23.8. The van der Waals surface area contributed by atoms with E-state index in [4.69, 9.17) is 20.8 Å². The molecular formula is C24H23ClN4O4S. The molecule has 0 saturated carbocycles. The second-order valence-corrected chi connectivity index (χ2v) is 8.78. The molecule has 0 aliphatic heterocycles. The van der Waals surface area contributed by atoms with E-state index in [9.17, 15) is 9.59 Å². The summed E-state index contributed by atoms with van der Waals surface area (Å²) in [5.41, 5.74) is 1.62. The highest BCUT2D eigenvalue weighted by atomic mass is 35.5. The molecule has 2 aromatic carbocycles. The molecule has 4 aromatic rings. The van der Waals surface area contributed by atoms with Crippen LogP contribution >= 0.6 is 23.4 Å². The third-order valence-electron chi connectivity index (χ3n) is 4.88. The Hall–Kier alpha value is -3.30. The van der Waals surface area contributed by atoms with Crippen molar-refractivity contribution in [3.05, 3.63) is 59.1 Å². The molecule has 8 nitrogen and oxygen atoms in total. The number of aromatic nitrogens is 3. The van der Waals surface area contributed by atoms with E-state index in [2.05, 4.69) is 15.5 Å². The number of nitrogens with one attached hydrogen (secondary N) is 1. The summed E-state index contributed by atoms with van der Waals surface area (Å²) in [6.45, 7) is 4.86. The third-order valence-corrected chi connectivity index (χ3v) is 6.09. The topological polar surface area (TPSA) is 99.2 Å². The van der Waals surface area contributed by atoms with Gasteiger partial charge < -0.3 is 14.5 Å². The predicted molar refractivity (Wildman–Crippen MR) is 132 cm³/mol. The Morgan fingerprint density at radius 2 is 2.00 bits per heavy atom. The van der Waals surface area contributed by atoms with Crippen LogP contribution < -0.4 is 5.32 Å². The number of benzene rings is 2. The van der Waals surface area contributed by atoms with E-state index in [1.807, 2.05) is 36.6 Å². The Balaban J connectivity index is 1.42. The molecule has 2 heterocycles. The van der Waals surface area contributed by atoms with Gasteiger partial charge in [-0.3, -0.25) is 9.36 Å². The number of halogens is 1. The summed E-state index contributed by atoms with van der Waals surface area (Å²) in [5.74, 6) is 0.641. The van der Waals surface area contributed by atoms with E-state index in [1.54, 1.807) is 30.3 Å². The highest BCUT2D eigenvalue weighted by Gasteiger charge is 2.18. The number of hydrogen-bond acceptors (Lipinski definition) is 7. The van der Waals surface area contributed by atoms with Crippen molar-refractivity contribution in [3.8, 4) is 11.6 Å². The standard InChI is InChI=1S/C24H23ClN4O4S/c1-3-10-32-23(31)15-6-5-7-18(12-15)26-21(30)14-34-24-28-27-22(29(24)4-2)20-13-16-11-17(25)8-9-19(16)33-20/h5-9,11-13H,3-4,10,14H2,1-2H3,(H,26,30). The minimum absolute atomic E-state index is 0.123. The van der Waals surface area contributed by atoms with Gasteiger partial charge in [0.05, 0.1) is 17.9 Å². The molecule has 1 amide bonds. The van der Waals surface area contributed by atoms with Gasteiger partial charge in [0.15, 0.2) is 10.9 Å². The number of hydrogen-bond donors (Lipinski definition) is 1. The quantitative estimate of drug-likeness (QED) is 0.234. The van der Waals surface area contributed by atoms with Crippen LogP contribution in [-0.4, -0.2) is 39.0 Å². The van der Waals surface area contributed by atoms with Crippen LogP contribution in [0, 0.1) is 0 Å². The van der Waals surface area contributed by atoms with Crippen molar-refractivity contribution in [2.45, 2.75) is 32.0 Å². The first-order valence-corrected chi connectivity index (χ1v) is 12.2. The van der Waals surface area contributed by atoms with Crippen LogP contribution in [0.2, 0.25) is 5.02 Å². The maximum absolute atomic E-state index is 12.5. The lowest BCUT2D eigenvalue weighted by Gasteiger charge is -2.08. The van der Waals surface area contributed by atoms with Gasteiger partial charge in [0.25, 0.3) is 0 Å². The van der Waals surface area contributed by atoms with Crippen LogP contribution in [0.3, 0.4) is 0 Å². The normalized spacial score (nSPS) is 11.0. The molecule has 0 saturated heterocycles. The maximum atomic E-state index is 12.5. The number of ether oxygens (including phenoxy) is 1. The van der Waals surface area contributed by atoms with Gasteiger partial charge in [-0.05, 0) is 55.8 Å². The van der Waals surface area contributed by atoms with Crippen molar-refractivity contribution in [3.63, 3.8) is 0 Å². The van der Waals surface area contributed by atoms with Crippen molar-refractivity contribution < 1.29 is 18.7 Å². The van der Waals surface area contributed by atoms with E-state index in [1.165, 1.54) is 11.8 Å². The average Bonchev–Trinajstić information content (AvgIpc) is 3.44. The van der Waals surface area contributed by atoms with E-state index in [-0.39, 0.29) is 11.7 Å². The Bertz CT molecular complexity index is 1330. The van der Waals surface area contributed by atoms with E-state index in [0.29, 0.717) is 51.7 Å². The van der Waals surface area contributed by atoms with Crippen molar-refractivity contribution >= 4 is 51.9 Å². The zero-order valence-corrected chi connectivity index (χ0v) is 20.3. The second-order valence-electron chi connectivity index (χ2n) is 7.40. The summed E-state index contributed by atoms with van der Waals surface area (Å²) in [6.07, 6.45) is 0.744. The van der Waals surface area contributed by atoms with Gasteiger partial charge in [-0.15, -0.1) is 10.2 Å². The lowest BCUT2D eigenvalue weighted by Crippen LogP contribution is -2.15. The molecule has 1 N–H and O–H groups in total. The smallest absolute Gasteiger partial charge is 0.338 e. The highest BCUT2D eigenvalue weighted by molar-refractivity contribution is 7.99. The van der Waals surface area contributed by atoms with Gasteiger partial charge in [0.1, 0.15) is 5.58 Å². The molecule has 0 aliphatic carbocycles. The Kier molecular flexibility index (Phi) is 7.54. The molecule has 0 bridgehead atoms. The molecule has 0 spiro atoms. The average molecular weight is 499 g/mol. The minimum Gasteiger partial charge on any atom is -0.462 e. The minimum atomic E-state index is -0.413. The summed E-state index contributed by atoms with van der Waals surface area (Å²) >= 11 is 7.34. The second kappa shape index (κ2) is 10.8. The fraction of sp³-hybridized carbons (Fsp3) is 0.250. The molecule has 0 unspecified atom stereocenters. The SMILES string of the molecule is CCCOC(=O)c1cccc(NC(=O)CSc2nnc(-c3cc4cc(Cl)ccc4o3)n2CC)c1. The number of furan rings is 1. The number of rotatable bonds is 9. The van der Waals surface area contributed by atoms with Gasteiger partial charge in [0, 0.05) is 22.6 Å². The molecular weight excluding hydrogens is 476 g/mol. The first-order chi connectivity index (χ1) is 16.5. The summed E-state index contributed by atoms with van der Waals surface area (Å²) in [5, 5.41) is 13.4. The fourth-order valence-corrected chi connectivity index (χ4v) is 4.30. The van der Waals surface area contributed by atoms with Gasteiger partial charge in [-0.1, -0.05) is 36.4 Å². The number of carbonyl (C=O) groups excluding carboxylic acids is 2.